The van der Waals surface area contributed by atoms with Gasteiger partial charge >= 0.3 is 6.26 Å². The summed E-state index contributed by atoms with van der Waals surface area (Å²) in [6.45, 7) is 0.549. The largest absolute Gasteiger partial charge is 0.326 e. The number of rotatable bonds is 3. The molecule has 0 fully saturated rings. The van der Waals surface area contributed by atoms with Gasteiger partial charge in [-0.05, 0) is 7.05 Å². The molecule has 0 aromatic heterocycles. The Bertz CT molecular complexity index is 87.8. The molecule has 0 heterocycles. The number of nitrogens with one attached hydrogen (secondary N) is 1. The highest BCUT2D eigenvalue weighted by molar-refractivity contribution is 4.43. The fourth-order valence-corrected chi connectivity index (χ4v) is 0.325. The molecule has 0 amide bonds. The van der Waals surface area contributed by atoms with E-state index in [-0.39, 0.29) is 0 Å². The summed E-state index contributed by atoms with van der Waals surface area (Å²) in [6.07, 6.45) is 1.54. The van der Waals surface area contributed by atoms with E-state index in [9.17, 15) is 0 Å². The molecule has 0 aliphatic carbocycles. The maximum atomic E-state index is 7.92. The first-order chi connectivity index (χ1) is 3.81. The van der Waals surface area contributed by atoms with E-state index in [4.69, 9.17) is 5.26 Å². The topological polar surface area (TPSA) is 48.3 Å². The van der Waals surface area contributed by atoms with Gasteiger partial charge in [-0.25, -0.2) is 0 Å². The van der Waals surface area contributed by atoms with Crippen LogP contribution in [0.2, 0.25) is 0 Å². The molecule has 4 heteroatoms. The van der Waals surface area contributed by atoms with Crippen molar-refractivity contribution in [3.63, 3.8) is 0 Å². The van der Waals surface area contributed by atoms with Crippen molar-refractivity contribution in [1.82, 2.24) is 10.4 Å². The van der Waals surface area contributed by atoms with E-state index < -0.39 is 0 Å². The van der Waals surface area contributed by atoms with Gasteiger partial charge < -0.3 is 10.2 Å². The molecule has 0 unspecified atom stereocenters. The molecule has 0 bridgehead atoms. The highest BCUT2D eigenvalue weighted by Gasteiger charge is 1.90. The molecule has 0 aliphatic heterocycles. The molecule has 0 saturated carbocycles. The van der Waals surface area contributed by atoms with E-state index >= 15 is 0 Å². The summed E-state index contributed by atoms with van der Waals surface area (Å²) in [6, 6.07) is 0. The molecular formula is C4H9N3O. The van der Waals surface area contributed by atoms with E-state index in [0.717, 1.165) is 0 Å². The second-order valence-electron chi connectivity index (χ2n) is 1.32. The van der Waals surface area contributed by atoms with E-state index in [0.29, 0.717) is 6.67 Å². The van der Waals surface area contributed by atoms with Crippen molar-refractivity contribution in [2.24, 2.45) is 0 Å². The van der Waals surface area contributed by atoms with Crippen LogP contribution < -0.4 is 5.32 Å². The fourth-order valence-electron chi connectivity index (χ4n) is 0.325. The zero-order valence-electron chi connectivity index (χ0n) is 5.01. The molecule has 8 heavy (non-hydrogen) atoms. The Labute approximate surface area is 48.6 Å². The first kappa shape index (κ1) is 7.21. The Morgan fingerprint density at radius 2 is 2.50 bits per heavy atom. The van der Waals surface area contributed by atoms with Crippen LogP contribution in [0.25, 0.3) is 0 Å². The van der Waals surface area contributed by atoms with E-state index in [1.807, 2.05) is 0 Å². The van der Waals surface area contributed by atoms with Gasteiger partial charge in [-0.15, -0.1) is 10.3 Å². The summed E-state index contributed by atoms with van der Waals surface area (Å²) in [5.41, 5.74) is 0. The molecule has 0 aromatic rings. The van der Waals surface area contributed by atoms with Crippen LogP contribution in [0.1, 0.15) is 0 Å². The summed E-state index contributed by atoms with van der Waals surface area (Å²) in [7, 11) is 3.44. The number of hydrogen-bond donors (Lipinski definition) is 1. The van der Waals surface area contributed by atoms with Gasteiger partial charge in [0.05, 0.1) is 6.67 Å². The number of nitrogens with zero attached hydrogens (tertiary/aromatic N) is 2. The second kappa shape index (κ2) is 4.37. The minimum Gasteiger partial charge on any atom is -0.326 e. The lowest BCUT2D eigenvalue weighted by atomic mass is 11.0. The van der Waals surface area contributed by atoms with Crippen molar-refractivity contribution < 1.29 is 4.84 Å². The number of nitriles is 1. The van der Waals surface area contributed by atoms with Gasteiger partial charge in [0.15, 0.2) is 0 Å². The van der Waals surface area contributed by atoms with E-state index in [2.05, 4.69) is 10.2 Å². The molecule has 0 spiro atoms. The van der Waals surface area contributed by atoms with Gasteiger partial charge in [0.2, 0.25) is 0 Å². The van der Waals surface area contributed by atoms with E-state index in [1.54, 1.807) is 14.1 Å². The predicted octanol–water partition coefficient (Wildman–Crippen LogP) is -0.492. The number of hydroxylamine groups is 2. The van der Waals surface area contributed by atoms with Crippen molar-refractivity contribution >= 4 is 0 Å². The summed E-state index contributed by atoms with van der Waals surface area (Å²) in [5, 5.41) is 12.1. The van der Waals surface area contributed by atoms with Crippen molar-refractivity contribution in [2.75, 3.05) is 20.8 Å². The first-order valence-corrected chi connectivity index (χ1v) is 2.23. The quantitative estimate of drug-likeness (QED) is 0.306. The average molecular weight is 115 g/mol. The maximum absolute atomic E-state index is 7.92. The minimum absolute atomic E-state index is 0.549. The minimum atomic E-state index is 0.549. The first-order valence-electron chi connectivity index (χ1n) is 2.23. The van der Waals surface area contributed by atoms with Gasteiger partial charge in [-0.3, -0.25) is 0 Å². The van der Waals surface area contributed by atoms with Crippen LogP contribution in [0.3, 0.4) is 0 Å². The highest BCUT2D eigenvalue weighted by Crippen LogP contribution is 1.75. The predicted molar refractivity (Wildman–Crippen MR) is 28.4 cm³/mol. The Balaban J connectivity index is 3.08. The van der Waals surface area contributed by atoms with Crippen molar-refractivity contribution in [1.29, 1.82) is 5.26 Å². The Hall–Kier alpha value is -0.790. The van der Waals surface area contributed by atoms with Crippen molar-refractivity contribution in [2.45, 2.75) is 0 Å². The highest BCUT2D eigenvalue weighted by atomic mass is 16.7. The smallest absolute Gasteiger partial charge is 0.307 e. The van der Waals surface area contributed by atoms with Crippen molar-refractivity contribution in [3.8, 4) is 6.26 Å². The van der Waals surface area contributed by atoms with Crippen LogP contribution in [0.15, 0.2) is 0 Å². The Kier molecular flexibility index (Phi) is 3.94. The summed E-state index contributed by atoms with van der Waals surface area (Å²) in [4.78, 5) is 4.36. The molecule has 46 valence electrons. The molecule has 0 atom stereocenters. The summed E-state index contributed by atoms with van der Waals surface area (Å²) in [5.74, 6) is 0. The van der Waals surface area contributed by atoms with Crippen LogP contribution in [-0.2, 0) is 4.84 Å². The lowest BCUT2D eigenvalue weighted by Crippen LogP contribution is -2.27. The molecule has 0 rings (SSSR count). The average Bonchev–Trinajstić information content (AvgIpc) is 1.68. The van der Waals surface area contributed by atoms with Crippen LogP contribution in [-0.4, -0.2) is 25.8 Å². The fraction of sp³-hybridized carbons (Fsp3) is 0.750. The lowest BCUT2D eigenvalue weighted by Gasteiger charge is -2.08. The van der Waals surface area contributed by atoms with Crippen LogP contribution in [0.4, 0.5) is 0 Å². The zero-order chi connectivity index (χ0) is 6.41. The standard InChI is InChI=1S/C4H9N3O/c1-6-4-7(2)8-3-5/h6H,4H2,1-2H3. The molecule has 0 aromatic carbocycles. The molecule has 0 aliphatic rings. The third kappa shape index (κ3) is 3.40. The second-order valence-corrected chi connectivity index (χ2v) is 1.32. The normalized spacial score (nSPS) is 8.75. The summed E-state index contributed by atoms with van der Waals surface area (Å²) < 4.78 is 0. The van der Waals surface area contributed by atoms with Crippen LogP contribution in [0, 0.1) is 11.5 Å². The molecule has 0 saturated heterocycles. The van der Waals surface area contributed by atoms with E-state index in [1.165, 1.54) is 11.3 Å². The zero-order valence-corrected chi connectivity index (χ0v) is 5.01. The third-order valence-electron chi connectivity index (χ3n) is 0.577. The number of hydrogen-bond acceptors (Lipinski definition) is 4. The van der Waals surface area contributed by atoms with Gasteiger partial charge in [-0.1, -0.05) is 0 Å². The maximum Gasteiger partial charge on any atom is 0.307 e. The van der Waals surface area contributed by atoms with Gasteiger partial charge in [0, 0.05) is 7.05 Å². The molecule has 0 radical (unpaired) electrons. The van der Waals surface area contributed by atoms with Crippen molar-refractivity contribution in [3.05, 3.63) is 0 Å². The van der Waals surface area contributed by atoms with Crippen LogP contribution >= 0.6 is 0 Å². The Morgan fingerprint density at radius 3 is 2.88 bits per heavy atom. The lowest BCUT2D eigenvalue weighted by molar-refractivity contribution is -0.0709. The third-order valence-corrected chi connectivity index (χ3v) is 0.577. The summed E-state index contributed by atoms with van der Waals surface area (Å²) >= 11 is 0. The molecular weight excluding hydrogens is 106 g/mol. The molecule has 4 nitrogen and oxygen atoms in total. The van der Waals surface area contributed by atoms with Gasteiger partial charge in [0.1, 0.15) is 0 Å². The molecule has 1 N–H and O–H groups in total. The van der Waals surface area contributed by atoms with Gasteiger partial charge in [0.25, 0.3) is 0 Å². The van der Waals surface area contributed by atoms with Gasteiger partial charge in [-0.2, -0.15) is 0 Å². The monoisotopic (exact) mass is 115 g/mol. The Morgan fingerprint density at radius 1 is 1.88 bits per heavy atom. The SMILES string of the molecule is CNCN(C)OC#N. The van der Waals surface area contributed by atoms with Crippen LogP contribution in [0.5, 0.6) is 0 Å².